The molecule has 0 nitrogen and oxygen atoms in total. The maximum atomic E-state index is 2.42. The van der Waals surface area contributed by atoms with Crippen molar-refractivity contribution in [2.75, 3.05) is 0 Å². The van der Waals surface area contributed by atoms with E-state index in [0.29, 0.717) is 0 Å². The summed E-state index contributed by atoms with van der Waals surface area (Å²) in [6, 6.07) is 0. The number of unbranched alkanes of at least 4 members (excludes halogenated alkanes) is 23. The van der Waals surface area contributed by atoms with Gasteiger partial charge >= 0.3 is 0 Å². The van der Waals surface area contributed by atoms with Gasteiger partial charge in [0.1, 0.15) is 0 Å². The third kappa shape index (κ3) is 26.3. The van der Waals surface area contributed by atoms with Crippen LogP contribution in [0.3, 0.4) is 0 Å². The number of hydrogen-bond acceptors (Lipinski definition) is 0. The lowest BCUT2D eigenvalue weighted by atomic mass is 9.92. The lowest BCUT2D eigenvalue weighted by Crippen LogP contribution is -1.99. The molecule has 194 valence electrons. The Hall–Kier alpha value is 0. The molecule has 0 saturated carbocycles. The molecule has 0 fully saturated rings. The first kappa shape index (κ1) is 32.0. The lowest BCUT2D eigenvalue weighted by molar-refractivity contribution is 0.392. The van der Waals surface area contributed by atoms with Crippen LogP contribution in [0.25, 0.3) is 0 Å². The van der Waals surface area contributed by atoms with E-state index in [1.54, 1.807) is 0 Å². The number of rotatable bonds is 28. The maximum absolute atomic E-state index is 2.42. The molecule has 0 aromatic rings. The maximum Gasteiger partial charge on any atom is -0.0417 e. The fraction of sp³-hybridized carbons (Fsp3) is 1.00. The molecule has 0 heteroatoms. The Morgan fingerprint density at radius 2 is 0.500 bits per heavy atom. The van der Waals surface area contributed by atoms with Crippen LogP contribution in [0.2, 0.25) is 0 Å². The zero-order chi connectivity index (χ0) is 23.4. The summed E-state index contributed by atoms with van der Waals surface area (Å²) in [6.45, 7) is 7.04. The molecule has 0 saturated heterocycles. The molecule has 0 radical (unpaired) electrons. The van der Waals surface area contributed by atoms with E-state index in [2.05, 4.69) is 20.8 Å². The van der Waals surface area contributed by atoms with E-state index in [-0.39, 0.29) is 0 Å². The van der Waals surface area contributed by atoms with E-state index in [4.69, 9.17) is 0 Å². The third-order valence-corrected chi connectivity index (χ3v) is 7.76. The summed E-state index contributed by atoms with van der Waals surface area (Å²) >= 11 is 0. The molecule has 0 spiro atoms. The van der Waals surface area contributed by atoms with Crippen LogP contribution in [0.15, 0.2) is 0 Å². The van der Waals surface area contributed by atoms with E-state index >= 15 is 0 Å². The second kappa shape index (κ2) is 29.0. The SMILES string of the molecule is CCCCCCCCCCCCCCCCCCCCC(CC)CCCCCCCCC. The van der Waals surface area contributed by atoms with Gasteiger partial charge in [-0.1, -0.05) is 201 Å². The van der Waals surface area contributed by atoms with Crippen molar-refractivity contribution < 1.29 is 0 Å². The summed E-state index contributed by atoms with van der Waals surface area (Å²) in [7, 11) is 0. The van der Waals surface area contributed by atoms with Crippen LogP contribution in [-0.2, 0) is 0 Å². The molecule has 0 bridgehead atoms. The molecule has 0 aliphatic heterocycles. The first-order chi connectivity index (χ1) is 15.8. The molecule has 0 N–H and O–H groups in total. The van der Waals surface area contributed by atoms with Crippen LogP contribution >= 0.6 is 0 Å². The molecular weight excluding hydrogens is 384 g/mol. The predicted molar refractivity (Wildman–Crippen MR) is 150 cm³/mol. The Labute approximate surface area is 206 Å². The second-order valence-electron chi connectivity index (χ2n) is 11.0. The van der Waals surface area contributed by atoms with Crippen molar-refractivity contribution in [3.8, 4) is 0 Å². The largest absolute Gasteiger partial charge is 0.0654 e. The van der Waals surface area contributed by atoms with Gasteiger partial charge in [0.15, 0.2) is 0 Å². The van der Waals surface area contributed by atoms with Gasteiger partial charge in [-0.05, 0) is 5.92 Å². The van der Waals surface area contributed by atoms with Crippen LogP contribution < -0.4 is 0 Å². The van der Waals surface area contributed by atoms with Crippen LogP contribution in [0, 0.1) is 5.92 Å². The second-order valence-corrected chi connectivity index (χ2v) is 11.0. The van der Waals surface area contributed by atoms with Gasteiger partial charge in [0.25, 0.3) is 0 Å². The van der Waals surface area contributed by atoms with Crippen LogP contribution in [0.1, 0.15) is 201 Å². The first-order valence-corrected chi connectivity index (χ1v) is 15.8. The lowest BCUT2D eigenvalue weighted by Gasteiger charge is -2.14. The monoisotopic (exact) mass is 451 g/mol. The van der Waals surface area contributed by atoms with E-state index in [1.165, 1.54) is 180 Å². The van der Waals surface area contributed by atoms with Gasteiger partial charge in [-0.15, -0.1) is 0 Å². The van der Waals surface area contributed by atoms with Gasteiger partial charge in [0, 0.05) is 0 Å². The molecule has 0 heterocycles. The van der Waals surface area contributed by atoms with Crippen molar-refractivity contribution in [2.24, 2.45) is 5.92 Å². The summed E-state index contributed by atoms with van der Waals surface area (Å²) in [6.07, 6.45) is 41.3. The van der Waals surface area contributed by atoms with Gasteiger partial charge < -0.3 is 0 Å². The smallest absolute Gasteiger partial charge is 0.0417 e. The van der Waals surface area contributed by atoms with Gasteiger partial charge in [-0.3, -0.25) is 0 Å². The fourth-order valence-electron chi connectivity index (χ4n) is 5.28. The van der Waals surface area contributed by atoms with E-state index in [1.807, 2.05) is 0 Å². The highest BCUT2D eigenvalue weighted by atomic mass is 14.1. The predicted octanol–water partition coefficient (Wildman–Crippen LogP) is 12.6. The fourth-order valence-corrected chi connectivity index (χ4v) is 5.28. The molecular formula is C32H66. The summed E-state index contributed by atoms with van der Waals surface area (Å²) in [5, 5.41) is 0. The minimum absolute atomic E-state index is 1.02. The minimum Gasteiger partial charge on any atom is -0.0654 e. The molecule has 32 heavy (non-hydrogen) atoms. The highest BCUT2D eigenvalue weighted by molar-refractivity contribution is 4.59. The zero-order valence-electron chi connectivity index (χ0n) is 23.4. The highest BCUT2D eigenvalue weighted by Crippen LogP contribution is 2.22. The average Bonchev–Trinajstić information content (AvgIpc) is 2.81. The summed E-state index contributed by atoms with van der Waals surface area (Å²) < 4.78 is 0. The Morgan fingerprint density at radius 1 is 0.281 bits per heavy atom. The quantitative estimate of drug-likeness (QED) is 0.104. The van der Waals surface area contributed by atoms with Crippen molar-refractivity contribution in [3.05, 3.63) is 0 Å². The van der Waals surface area contributed by atoms with Gasteiger partial charge in [0.2, 0.25) is 0 Å². The van der Waals surface area contributed by atoms with Crippen molar-refractivity contribution in [2.45, 2.75) is 201 Å². The van der Waals surface area contributed by atoms with Crippen LogP contribution in [-0.4, -0.2) is 0 Å². The molecule has 0 amide bonds. The van der Waals surface area contributed by atoms with Gasteiger partial charge in [0.05, 0.1) is 0 Å². The molecule has 0 rings (SSSR count). The van der Waals surface area contributed by atoms with Crippen molar-refractivity contribution in [1.82, 2.24) is 0 Å². The van der Waals surface area contributed by atoms with E-state index in [0.717, 1.165) is 5.92 Å². The zero-order valence-corrected chi connectivity index (χ0v) is 23.4. The molecule has 0 aliphatic rings. The van der Waals surface area contributed by atoms with Crippen molar-refractivity contribution in [3.63, 3.8) is 0 Å². The highest BCUT2D eigenvalue weighted by Gasteiger charge is 2.06. The van der Waals surface area contributed by atoms with Gasteiger partial charge in [-0.25, -0.2) is 0 Å². The average molecular weight is 451 g/mol. The van der Waals surface area contributed by atoms with Crippen LogP contribution in [0.5, 0.6) is 0 Å². The Balaban J connectivity index is 3.21. The molecule has 0 aromatic carbocycles. The molecule has 0 aliphatic carbocycles. The standard InChI is InChI=1S/C32H66/c1-4-7-9-11-13-14-15-16-17-18-19-20-21-22-23-25-27-29-31-32(6-3)30-28-26-24-12-10-8-5-2/h32H,4-31H2,1-3H3. The third-order valence-electron chi connectivity index (χ3n) is 7.76. The molecule has 1 unspecified atom stereocenters. The normalized spacial score (nSPS) is 12.5. The van der Waals surface area contributed by atoms with Crippen molar-refractivity contribution in [1.29, 1.82) is 0 Å². The Bertz CT molecular complexity index is 307. The van der Waals surface area contributed by atoms with E-state index < -0.39 is 0 Å². The summed E-state index contributed by atoms with van der Waals surface area (Å²) in [4.78, 5) is 0. The van der Waals surface area contributed by atoms with E-state index in [9.17, 15) is 0 Å². The topological polar surface area (TPSA) is 0 Å². The van der Waals surface area contributed by atoms with Gasteiger partial charge in [-0.2, -0.15) is 0 Å². The van der Waals surface area contributed by atoms with Crippen LogP contribution in [0.4, 0.5) is 0 Å². The number of hydrogen-bond donors (Lipinski definition) is 0. The summed E-state index contributed by atoms with van der Waals surface area (Å²) in [5.41, 5.74) is 0. The Morgan fingerprint density at radius 3 is 0.719 bits per heavy atom. The first-order valence-electron chi connectivity index (χ1n) is 15.8. The molecule has 0 aromatic heterocycles. The van der Waals surface area contributed by atoms with Crippen molar-refractivity contribution >= 4 is 0 Å². The Kier molecular flexibility index (Phi) is 29.0. The minimum atomic E-state index is 1.02. The summed E-state index contributed by atoms with van der Waals surface area (Å²) in [5.74, 6) is 1.02. The molecule has 1 atom stereocenters.